The van der Waals surface area contributed by atoms with Gasteiger partial charge in [-0.2, -0.15) is 0 Å². The number of imidazole rings is 1. The Bertz CT molecular complexity index is 954. The molecule has 1 aromatic carbocycles. The van der Waals surface area contributed by atoms with Gasteiger partial charge in [-0.05, 0) is 68.5 Å². The number of benzene rings is 1. The molecule has 7 nitrogen and oxygen atoms in total. The number of nitrogens with two attached hydrogens (primary N) is 1. The number of aromatic nitrogens is 2. The second kappa shape index (κ2) is 8.39. The molecule has 0 saturated heterocycles. The monoisotopic (exact) mass is 416 g/mol. The van der Waals surface area contributed by atoms with E-state index in [9.17, 15) is 9.90 Å². The van der Waals surface area contributed by atoms with Gasteiger partial charge in [-0.25, -0.2) is 10.4 Å². The predicted octanol–water partition coefficient (Wildman–Crippen LogP) is 1.38. The summed E-state index contributed by atoms with van der Waals surface area (Å²) in [7, 11) is 0. The average molecular weight is 417 g/mol. The molecule has 154 valence electrons. The van der Waals surface area contributed by atoms with Crippen LogP contribution in [0.2, 0.25) is 0 Å². The molecule has 1 heterocycles. The lowest BCUT2D eigenvalue weighted by Gasteiger charge is -2.19. The fourth-order valence-electron chi connectivity index (χ4n) is 2.83. The van der Waals surface area contributed by atoms with Crippen LogP contribution in [0.4, 0.5) is 0 Å². The number of hydrogen-bond donors (Lipinski definition) is 5. The molecular weight excluding hydrogens is 390 g/mol. The first-order chi connectivity index (χ1) is 13.6. The van der Waals surface area contributed by atoms with Crippen LogP contribution in [0.5, 0.6) is 0 Å². The van der Waals surface area contributed by atoms with Gasteiger partial charge in [0.25, 0.3) is 11.1 Å². The van der Waals surface area contributed by atoms with Gasteiger partial charge in [0.2, 0.25) is 0 Å². The number of hydrogen-bond acceptors (Lipinski definition) is 4. The summed E-state index contributed by atoms with van der Waals surface area (Å²) in [6.07, 6.45) is 5.37. The van der Waals surface area contributed by atoms with Crippen molar-refractivity contribution in [1.82, 2.24) is 20.6 Å². The fraction of sp³-hybridized carbons (Fsp3) is 0.381. The van der Waals surface area contributed by atoms with Crippen LogP contribution in [0.1, 0.15) is 48.4 Å². The zero-order valence-corrected chi connectivity index (χ0v) is 17.6. The van der Waals surface area contributed by atoms with E-state index >= 15 is 0 Å². The third-order valence-electron chi connectivity index (χ3n) is 4.52. The minimum absolute atomic E-state index is 0.0315. The molecule has 3 rings (SSSR count). The SMILES string of the molecule is Cc1cc(-c2cnc(/C(=C\C(=[NH2+])Cl)NCC(C)(C)O)[nH]2)ccc1C(=O)NC1CC1. The van der Waals surface area contributed by atoms with Crippen molar-refractivity contribution in [2.45, 2.75) is 45.3 Å². The molecule has 29 heavy (non-hydrogen) atoms. The van der Waals surface area contributed by atoms with Crippen molar-refractivity contribution in [3.8, 4) is 11.3 Å². The van der Waals surface area contributed by atoms with Crippen molar-refractivity contribution >= 4 is 28.4 Å². The first-order valence-corrected chi connectivity index (χ1v) is 9.93. The van der Waals surface area contributed by atoms with E-state index in [0.717, 1.165) is 29.7 Å². The van der Waals surface area contributed by atoms with Crippen LogP contribution >= 0.6 is 11.6 Å². The fourth-order valence-corrected chi connectivity index (χ4v) is 2.94. The number of aryl methyl sites for hydroxylation is 1. The summed E-state index contributed by atoms with van der Waals surface area (Å²) in [6, 6.07) is 6.00. The van der Waals surface area contributed by atoms with Crippen molar-refractivity contribution in [3.63, 3.8) is 0 Å². The first kappa shape index (κ1) is 21.1. The van der Waals surface area contributed by atoms with E-state index in [4.69, 9.17) is 17.0 Å². The Hall–Kier alpha value is -2.64. The number of aliphatic hydroxyl groups is 1. The summed E-state index contributed by atoms with van der Waals surface area (Å²) in [6.45, 7) is 5.61. The highest BCUT2D eigenvalue weighted by molar-refractivity contribution is 6.66. The normalized spacial score (nSPS) is 14.6. The Morgan fingerprint density at radius 3 is 2.76 bits per heavy atom. The summed E-state index contributed by atoms with van der Waals surface area (Å²) in [5.74, 6) is 0.511. The third-order valence-corrected chi connectivity index (χ3v) is 4.63. The van der Waals surface area contributed by atoms with Crippen LogP contribution in [0, 0.1) is 6.92 Å². The van der Waals surface area contributed by atoms with Crippen LogP contribution in [0.25, 0.3) is 17.0 Å². The minimum atomic E-state index is -0.913. The van der Waals surface area contributed by atoms with Crippen LogP contribution in [0.3, 0.4) is 0 Å². The standard InChI is InChI=1S/C21H26ClN5O2/c1-12-8-13(4-7-15(12)20(28)26-14-5-6-14)17-10-24-19(27-17)16(9-18(22)23)25-11-21(2,3)29/h4,7-10,14,23,25,29H,5-6,11H2,1-3H3,(H,24,27)(H,26,28)/p+1/b16-9+,23-18?. The van der Waals surface area contributed by atoms with Crippen molar-refractivity contribution in [2.24, 2.45) is 0 Å². The molecular formula is C21H27ClN5O2+. The summed E-state index contributed by atoms with van der Waals surface area (Å²) < 4.78 is 0. The maximum absolute atomic E-state index is 12.3. The van der Waals surface area contributed by atoms with Gasteiger partial charge in [0.1, 0.15) is 0 Å². The van der Waals surface area contributed by atoms with Gasteiger partial charge in [-0.3, -0.25) is 4.79 Å². The molecule has 1 amide bonds. The molecule has 8 heteroatoms. The van der Waals surface area contributed by atoms with E-state index in [2.05, 4.69) is 20.6 Å². The third kappa shape index (κ3) is 5.92. The quantitative estimate of drug-likeness (QED) is 0.418. The highest BCUT2D eigenvalue weighted by atomic mass is 35.5. The number of nitrogens with one attached hydrogen (secondary N) is 3. The van der Waals surface area contributed by atoms with Gasteiger partial charge in [0.05, 0.1) is 23.2 Å². The molecule has 0 radical (unpaired) electrons. The molecule has 0 spiro atoms. The number of allylic oxidation sites excluding steroid dienone is 1. The van der Waals surface area contributed by atoms with Gasteiger partial charge in [-0.15, -0.1) is 0 Å². The Labute approximate surface area is 175 Å². The lowest BCUT2D eigenvalue weighted by molar-refractivity contribution is -0.107. The van der Waals surface area contributed by atoms with Crippen LogP contribution in [0.15, 0.2) is 30.5 Å². The second-order valence-corrected chi connectivity index (χ2v) is 8.47. The average Bonchev–Trinajstić information content (AvgIpc) is 3.29. The number of carbonyl (C=O) groups is 1. The number of H-pyrrole nitrogens is 1. The Morgan fingerprint density at radius 2 is 2.17 bits per heavy atom. The Balaban J connectivity index is 1.81. The lowest BCUT2D eigenvalue weighted by atomic mass is 10.0. The number of aromatic amines is 1. The Morgan fingerprint density at radius 1 is 1.45 bits per heavy atom. The molecule has 0 aliphatic heterocycles. The molecule has 0 atom stereocenters. The van der Waals surface area contributed by atoms with Crippen LogP contribution in [-0.4, -0.2) is 44.3 Å². The first-order valence-electron chi connectivity index (χ1n) is 9.55. The molecule has 0 bridgehead atoms. The van der Waals surface area contributed by atoms with Crippen molar-refractivity contribution < 1.29 is 15.3 Å². The summed E-state index contributed by atoms with van der Waals surface area (Å²) in [5, 5.41) is 21.8. The van der Waals surface area contributed by atoms with Gasteiger partial charge in [0, 0.05) is 24.2 Å². The molecule has 1 aliphatic carbocycles. The van der Waals surface area contributed by atoms with Gasteiger partial charge in [0.15, 0.2) is 5.82 Å². The molecule has 1 aromatic heterocycles. The minimum Gasteiger partial charge on any atom is -0.389 e. The van der Waals surface area contributed by atoms with Gasteiger partial charge < -0.3 is 20.7 Å². The smallest absolute Gasteiger partial charge is 0.268 e. The number of amides is 1. The highest BCUT2D eigenvalue weighted by Crippen LogP contribution is 2.24. The maximum Gasteiger partial charge on any atom is 0.268 e. The number of rotatable bonds is 8. The van der Waals surface area contributed by atoms with Crippen LogP contribution in [-0.2, 0) is 0 Å². The molecule has 1 saturated carbocycles. The second-order valence-electron chi connectivity index (χ2n) is 8.03. The van der Waals surface area contributed by atoms with E-state index < -0.39 is 5.60 Å². The highest BCUT2D eigenvalue weighted by Gasteiger charge is 2.24. The zero-order valence-electron chi connectivity index (χ0n) is 16.8. The number of carbonyl (C=O) groups excluding carboxylic acids is 1. The molecule has 1 fully saturated rings. The van der Waals surface area contributed by atoms with Crippen molar-refractivity contribution in [3.05, 3.63) is 47.4 Å². The Kier molecular flexibility index (Phi) is 6.10. The zero-order chi connectivity index (χ0) is 21.2. The summed E-state index contributed by atoms with van der Waals surface area (Å²) in [4.78, 5) is 20.0. The van der Waals surface area contributed by atoms with Crippen molar-refractivity contribution in [2.75, 3.05) is 6.54 Å². The summed E-state index contributed by atoms with van der Waals surface area (Å²) in [5.41, 5.74) is 2.94. The number of nitrogens with zero attached hydrogens (tertiary/aromatic N) is 1. The maximum atomic E-state index is 12.3. The largest absolute Gasteiger partial charge is 0.389 e. The molecule has 2 aromatic rings. The lowest BCUT2D eigenvalue weighted by Crippen LogP contribution is -2.37. The van der Waals surface area contributed by atoms with E-state index in [1.54, 1.807) is 26.1 Å². The molecule has 1 aliphatic rings. The van der Waals surface area contributed by atoms with Crippen LogP contribution < -0.4 is 16.0 Å². The van der Waals surface area contributed by atoms with Crippen molar-refractivity contribution in [1.29, 1.82) is 0 Å². The topological polar surface area (TPSA) is 116 Å². The van der Waals surface area contributed by atoms with Gasteiger partial charge >= 0.3 is 0 Å². The molecule has 0 unspecified atom stereocenters. The molecule has 6 N–H and O–H groups in total. The van der Waals surface area contributed by atoms with E-state index in [1.165, 1.54) is 0 Å². The van der Waals surface area contributed by atoms with E-state index in [1.807, 2.05) is 25.1 Å². The van der Waals surface area contributed by atoms with Gasteiger partial charge in [-0.1, -0.05) is 6.07 Å². The van der Waals surface area contributed by atoms with E-state index in [-0.39, 0.29) is 11.1 Å². The summed E-state index contributed by atoms with van der Waals surface area (Å²) >= 11 is 5.84. The van der Waals surface area contributed by atoms with E-state index in [0.29, 0.717) is 29.7 Å². The predicted molar refractivity (Wildman–Crippen MR) is 114 cm³/mol. The number of halogens is 1.